The first-order valence-electron chi connectivity index (χ1n) is 7.37. The third kappa shape index (κ3) is 3.90. The van der Waals surface area contributed by atoms with Crippen LogP contribution in [0.3, 0.4) is 0 Å². The topological polar surface area (TPSA) is 51.0 Å². The molecule has 0 aromatic carbocycles. The van der Waals surface area contributed by atoms with Gasteiger partial charge in [0.15, 0.2) is 5.15 Å². The van der Waals surface area contributed by atoms with Gasteiger partial charge in [-0.05, 0) is 31.1 Å². The summed E-state index contributed by atoms with van der Waals surface area (Å²) >= 11 is 7.94. The van der Waals surface area contributed by atoms with Crippen molar-refractivity contribution in [1.29, 1.82) is 0 Å². The Hall–Kier alpha value is -1.47. The molecule has 0 spiro atoms. The number of amides is 1. The standard InChI is InChI=1S/C15H20BClN4OS/c1-4-20(14(22)15(2,16)10-23-3)12-9-21(19-13(12)17)11-6-5-7-18-8-11/h5-9H,4,10,16H2,1-3H3. The Morgan fingerprint density at radius 1 is 1.57 bits per heavy atom. The number of thioether (sulfide) groups is 1. The van der Waals surface area contributed by atoms with E-state index in [4.69, 9.17) is 11.6 Å². The molecule has 2 aromatic rings. The van der Waals surface area contributed by atoms with Gasteiger partial charge in [0, 0.05) is 18.1 Å². The van der Waals surface area contributed by atoms with Crippen molar-refractivity contribution in [1.82, 2.24) is 14.8 Å². The molecular weight excluding hydrogens is 331 g/mol. The molecule has 0 aliphatic carbocycles. The minimum atomic E-state index is -0.463. The summed E-state index contributed by atoms with van der Waals surface area (Å²) < 4.78 is 1.64. The Morgan fingerprint density at radius 3 is 2.87 bits per heavy atom. The average Bonchev–Trinajstić information content (AvgIpc) is 2.91. The van der Waals surface area contributed by atoms with Crippen LogP contribution in [0.2, 0.25) is 10.5 Å². The van der Waals surface area contributed by atoms with Crippen molar-refractivity contribution >= 4 is 42.8 Å². The number of carbonyl (C=O) groups excluding carboxylic acids is 1. The van der Waals surface area contributed by atoms with Crippen LogP contribution in [0.25, 0.3) is 5.69 Å². The number of pyridine rings is 1. The molecule has 23 heavy (non-hydrogen) atoms. The average molecular weight is 351 g/mol. The highest BCUT2D eigenvalue weighted by molar-refractivity contribution is 7.98. The number of rotatable bonds is 6. The van der Waals surface area contributed by atoms with Gasteiger partial charge in [-0.2, -0.15) is 16.9 Å². The Balaban J connectivity index is 2.36. The quantitative estimate of drug-likeness (QED) is 0.751. The van der Waals surface area contributed by atoms with Gasteiger partial charge in [-0.25, -0.2) is 4.68 Å². The summed E-state index contributed by atoms with van der Waals surface area (Å²) in [5.41, 5.74) is 1.42. The molecule has 2 rings (SSSR count). The van der Waals surface area contributed by atoms with Gasteiger partial charge >= 0.3 is 0 Å². The normalized spacial score (nSPS) is 13.6. The van der Waals surface area contributed by atoms with E-state index in [2.05, 4.69) is 10.1 Å². The van der Waals surface area contributed by atoms with Crippen LogP contribution in [0.5, 0.6) is 0 Å². The maximum atomic E-state index is 12.9. The predicted octanol–water partition coefficient (Wildman–Crippen LogP) is 2.45. The van der Waals surface area contributed by atoms with Gasteiger partial charge in [0.2, 0.25) is 5.91 Å². The zero-order chi connectivity index (χ0) is 17.0. The summed E-state index contributed by atoms with van der Waals surface area (Å²) in [6.07, 6.45) is 7.17. The lowest BCUT2D eigenvalue weighted by atomic mass is 9.71. The molecule has 0 aliphatic heterocycles. The molecule has 0 bridgehead atoms. The predicted molar refractivity (Wildman–Crippen MR) is 99.7 cm³/mol. The lowest BCUT2D eigenvalue weighted by molar-refractivity contribution is -0.120. The monoisotopic (exact) mass is 350 g/mol. The van der Waals surface area contributed by atoms with Gasteiger partial charge < -0.3 is 4.90 Å². The van der Waals surface area contributed by atoms with Crippen molar-refractivity contribution < 1.29 is 4.79 Å². The van der Waals surface area contributed by atoms with E-state index in [0.29, 0.717) is 17.4 Å². The zero-order valence-electron chi connectivity index (χ0n) is 13.8. The first kappa shape index (κ1) is 17.9. The zero-order valence-corrected chi connectivity index (χ0v) is 15.4. The molecular formula is C15H20BClN4OS. The number of carbonyl (C=O) groups is 1. The summed E-state index contributed by atoms with van der Waals surface area (Å²) in [7, 11) is 1.95. The third-order valence-corrected chi connectivity index (χ3v) is 4.78. The fourth-order valence-electron chi connectivity index (χ4n) is 2.36. The van der Waals surface area contributed by atoms with Crippen molar-refractivity contribution in [2.24, 2.45) is 0 Å². The van der Waals surface area contributed by atoms with E-state index in [-0.39, 0.29) is 5.91 Å². The fourth-order valence-corrected chi connectivity index (χ4v) is 3.44. The summed E-state index contributed by atoms with van der Waals surface area (Å²) in [5.74, 6) is 0.790. The minimum absolute atomic E-state index is 0.0435. The lowest BCUT2D eigenvalue weighted by Crippen LogP contribution is -2.40. The molecule has 5 nitrogen and oxygen atoms in total. The summed E-state index contributed by atoms with van der Waals surface area (Å²) in [6, 6.07) is 3.71. The van der Waals surface area contributed by atoms with Crippen molar-refractivity contribution in [3.8, 4) is 5.69 Å². The van der Waals surface area contributed by atoms with Gasteiger partial charge in [0.1, 0.15) is 13.5 Å². The van der Waals surface area contributed by atoms with Crippen LogP contribution < -0.4 is 4.90 Å². The number of anilines is 1. The summed E-state index contributed by atoms with van der Waals surface area (Å²) in [6.45, 7) is 4.42. The second-order valence-corrected chi connectivity index (χ2v) is 7.05. The van der Waals surface area contributed by atoms with Gasteiger partial charge in [0.05, 0.1) is 18.1 Å². The van der Waals surface area contributed by atoms with E-state index in [0.717, 1.165) is 11.4 Å². The molecule has 2 aromatic heterocycles. The highest BCUT2D eigenvalue weighted by Gasteiger charge is 2.33. The number of halogens is 1. The van der Waals surface area contributed by atoms with Crippen molar-refractivity contribution in [2.75, 3.05) is 23.5 Å². The maximum Gasteiger partial charge on any atom is 0.225 e. The molecule has 2 heterocycles. The number of aromatic nitrogens is 3. The maximum absolute atomic E-state index is 12.9. The Labute approximate surface area is 146 Å². The number of nitrogens with zero attached hydrogens (tertiary/aromatic N) is 4. The minimum Gasteiger partial charge on any atom is -0.309 e. The highest BCUT2D eigenvalue weighted by atomic mass is 35.5. The Bertz CT molecular complexity index is 677. The number of hydrogen-bond acceptors (Lipinski definition) is 4. The van der Waals surface area contributed by atoms with E-state index in [9.17, 15) is 4.79 Å². The van der Waals surface area contributed by atoms with Crippen LogP contribution >= 0.6 is 23.4 Å². The van der Waals surface area contributed by atoms with E-state index < -0.39 is 5.31 Å². The molecule has 122 valence electrons. The molecule has 8 heteroatoms. The first-order chi connectivity index (χ1) is 10.9. The van der Waals surface area contributed by atoms with E-state index in [1.54, 1.807) is 39.9 Å². The molecule has 0 saturated heterocycles. The second-order valence-electron chi connectivity index (χ2n) is 5.83. The van der Waals surface area contributed by atoms with E-state index in [1.807, 2.05) is 40.1 Å². The van der Waals surface area contributed by atoms with Crippen molar-refractivity contribution in [3.63, 3.8) is 0 Å². The van der Waals surface area contributed by atoms with Gasteiger partial charge in [-0.1, -0.05) is 18.5 Å². The molecule has 0 fully saturated rings. The van der Waals surface area contributed by atoms with Crippen LogP contribution in [0, 0.1) is 0 Å². The van der Waals surface area contributed by atoms with Crippen LogP contribution in [-0.4, -0.2) is 47.1 Å². The molecule has 0 radical (unpaired) electrons. The van der Waals surface area contributed by atoms with Crippen LogP contribution in [0.1, 0.15) is 13.8 Å². The Kier molecular flexibility index (Phi) is 5.76. The van der Waals surface area contributed by atoms with Crippen LogP contribution in [-0.2, 0) is 4.79 Å². The van der Waals surface area contributed by atoms with Gasteiger partial charge in [-0.15, -0.1) is 0 Å². The van der Waals surface area contributed by atoms with Crippen molar-refractivity contribution in [2.45, 2.75) is 19.2 Å². The molecule has 1 unspecified atom stereocenters. The van der Waals surface area contributed by atoms with Gasteiger partial charge in [-0.3, -0.25) is 9.78 Å². The molecule has 0 aliphatic rings. The second kappa shape index (κ2) is 7.40. The SMILES string of the molecule is BC(C)(CSC)C(=O)N(CC)c1cn(-c2cccnc2)nc1Cl. The van der Waals surface area contributed by atoms with Crippen LogP contribution in [0.4, 0.5) is 5.69 Å². The highest BCUT2D eigenvalue weighted by Crippen LogP contribution is 2.33. The lowest BCUT2D eigenvalue weighted by Gasteiger charge is -2.30. The fraction of sp³-hybridized carbons (Fsp3) is 0.400. The third-order valence-electron chi connectivity index (χ3n) is 3.50. The van der Waals surface area contributed by atoms with Crippen LogP contribution in [0.15, 0.2) is 30.7 Å². The van der Waals surface area contributed by atoms with Gasteiger partial charge in [0.25, 0.3) is 0 Å². The smallest absolute Gasteiger partial charge is 0.225 e. The molecule has 0 N–H and O–H groups in total. The Morgan fingerprint density at radius 2 is 2.30 bits per heavy atom. The van der Waals surface area contributed by atoms with E-state index >= 15 is 0 Å². The first-order valence-corrected chi connectivity index (χ1v) is 9.14. The molecule has 0 saturated carbocycles. The van der Waals surface area contributed by atoms with E-state index in [1.165, 1.54) is 0 Å². The molecule has 1 atom stereocenters. The summed E-state index contributed by atoms with van der Waals surface area (Å²) in [5, 5.41) is 4.15. The number of hydrogen-bond donors (Lipinski definition) is 0. The van der Waals surface area contributed by atoms with Crippen molar-refractivity contribution in [3.05, 3.63) is 35.9 Å². The largest absolute Gasteiger partial charge is 0.309 e. The molecule has 1 amide bonds. The summed E-state index contributed by atoms with van der Waals surface area (Å²) in [4.78, 5) is 18.7.